The van der Waals surface area contributed by atoms with Crippen LogP contribution in [0.15, 0.2) is 0 Å². The van der Waals surface area contributed by atoms with Gasteiger partial charge in [-0.15, -0.1) is 12.4 Å². The summed E-state index contributed by atoms with van der Waals surface area (Å²) in [6, 6.07) is -0.833. The number of nitrogens with two attached hydrogens (primary N) is 1. The molecule has 0 aromatic rings. The number of carbonyl (C=O) groups is 1. The van der Waals surface area contributed by atoms with Crippen LogP contribution in [-0.2, 0) is 4.79 Å². The lowest BCUT2D eigenvalue weighted by Gasteiger charge is -2.04. The summed E-state index contributed by atoms with van der Waals surface area (Å²) in [4.78, 5) is 10.2. The molecular weight excluding hydrogens is 196 g/mol. The number of hydrogen-bond donors (Lipinski definition) is 4. The number of carboxylic acids is 1. The summed E-state index contributed by atoms with van der Waals surface area (Å²) >= 11 is 0. The number of aliphatic carboxylic acids is 1. The fraction of sp³-hybridized carbons (Fsp3) is 0.833. The normalized spacial score (nSPS) is 11.6. The lowest BCUT2D eigenvalue weighted by Crippen LogP contribution is -2.29. The van der Waals surface area contributed by atoms with E-state index in [1.807, 2.05) is 0 Å². The van der Waals surface area contributed by atoms with Crippen LogP contribution in [0, 0.1) is 0 Å². The molecule has 0 radical (unpaired) electrons. The van der Waals surface area contributed by atoms with Gasteiger partial charge in [-0.05, 0) is 12.7 Å². The Bertz CT molecular complexity index is 147. The summed E-state index contributed by atoms with van der Waals surface area (Å²) in [5.41, 5.74) is 5.21. The fourth-order valence-corrected chi connectivity index (χ4v) is 0.815. The number of carboxylic acid groups (broad SMARTS) is 1. The van der Waals surface area contributed by atoms with E-state index in [1.54, 1.807) is 0 Å². The van der Waals surface area contributed by atoms with E-state index in [2.05, 4.69) is 0 Å². The first-order valence-electron chi connectivity index (χ1n) is 3.88. The van der Waals surface area contributed by atoms with Crippen molar-refractivity contribution in [1.82, 2.24) is 0 Å². The molecule has 5 nitrogen and oxygen atoms in total. The van der Waals surface area contributed by atoms with E-state index >= 15 is 0 Å². The molecule has 0 aromatic carbocycles. The lowest BCUT2D eigenvalue weighted by molar-refractivity contribution is -0.138. The van der Waals surface area contributed by atoms with Crippen LogP contribution in [-0.4, -0.2) is 34.3 Å². The van der Waals surface area contributed by atoms with Gasteiger partial charge in [0.1, 0.15) is 6.04 Å². The highest BCUT2D eigenvalue weighted by Gasteiger charge is 2.11. The van der Waals surface area contributed by atoms with Crippen LogP contribution >= 0.6 is 12.4 Å². The van der Waals surface area contributed by atoms with Gasteiger partial charge in [0, 0.05) is 0 Å². The third-order valence-corrected chi connectivity index (χ3v) is 1.54. The smallest absolute Gasteiger partial charge is 0.451 e. The first-order valence-corrected chi connectivity index (χ1v) is 3.88. The van der Waals surface area contributed by atoms with Gasteiger partial charge in [0.05, 0.1) is 0 Å². The number of hydrogen-bond acceptors (Lipinski definition) is 4. The zero-order valence-electron chi connectivity index (χ0n) is 7.22. The number of unbranched alkanes of at least 4 members (excludes halogenated alkanes) is 1. The van der Waals surface area contributed by atoms with Crippen molar-refractivity contribution in [2.75, 3.05) is 0 Å². The highest BCUT2D eigenvalue weighted by molar-refractivity contribution is 6.40. The molecule has 5 N–H and O–H groups in total. The van der Waals surface area contributed by atoms with Crippen molar-refractivity contribution < 1.29 is 19.9 Å². The minimum absolute atomic E-state index is 0. The second-order valence-electron chi connectivity index (χ2n) is 2.71. The summed E-state index contributed by atoms with van der Waals surface area (Å²) in [7, 11) is -1.30. The Hall–Kier alpha value is -0.295. The standard InChI is InChI=1S/C6H14BNO4.ClH/c8-5(6(9)10)3-1-2-4-7(11)12;/h5,11-12H,1-4,8H2,(H,9,10);1H. The lowest BCUT2D eigenvalue weighted by atomic mass is 9.83. The van der Waals surface area contributed by atoms with E-state index in [1.165, 1.54) is 0 Å². The summed E-state index contributed by atoms with van der Waals surface area (Å²) < 4.78 is 0. The van der Waals surface area contributed by atoms with E-state index < -0.39 is 19.1 Å². The third kappa shape index (κ3) is 9.62. The summed E-state index contributed by atoms with van der Waals surface area (Å²) in [6.07, 6.45) is 1.83. The van der Waals surface area contributed by atoms with Gasteiger partial charge in [-0.1, -0.05) is 12.8 Å². The average Bonchev–Trinajstić information content (AvgIpc) is 1.97. The van der Waals surface area contributed by atoms with Crippen molar-refractivity contribution in [2.24, 2.45) is 5.73 Å². The summed E-state index contributed by atoms with van der Waals surface area (Å²) in [5, 5.41) is 25.2. The molecule has 1 atom stereocenters. The third-order valence-electron chi connectivity index (χ3n) is 1.54. The second kappa shape index (κ2) is 8.31. The molecule has 0 spiro atoms. The maximum atomic E-state index is 10.2. The van der Waals surface area contributed by atoms with Crippen LogP contribution in [0.1, 0.15) is 19.3 Å². The molecule has 0 aromatic heterocycles. The van der Waals surface area contributed by atoms with Gasteiger partial charge in [-0.3, -0.25) is 4.79 Å². The van der Waals surface area contributed by atoms with Gasteiger partial charge >= 0.3 is 13.1 Å². The van der Waals surface area contributed by atoms with Crippen molar-refractivity contribution in [3.63, 3.8) is 0 Å². The number of halogens is 1. The molecule has 0 fully saturated rings. The fourth-order valence-electron chi connectivity index (χ4n) is 0.815. The molecule has 0 amide bonds. The van der Waals surface area contributed by atoms with Crippen molar-refractivity contribution in [3.8, 4) is 0 Å². The van der Waals surface area contributed by atoms with Crippen LogP contribution in [0.25, 0.3) is 0 Å². The van der Waals surface area contributed by atoms with Crippen LogP contribution < -0.4 is 5.73 Å². The first-order chi connectivity index (χ1) is 5.54. The van der Waals surface area contributed by atoms with Gasteiger partial charge in [-0.25, -0.2) is 0 Å². The maximum Gasteiger partial charge on any atom is 0.451 e. The molecule has 0 saturated heterocycles. The molecular formula is C6H15BClNO4. The van der Waals surface area contributed by atoms with Gasteiger partial charge in [-0.2, -0.15) is 0 Å². The molecule has 78 valence electrons. The Balaban J connectivity index is 0. The van der Waals surface area contributed by atoms with Crippen molar-refractivity contribution in [2.45, 2.75) is 31.6 Å². The van der Waals surface area contributed by atoms with Gasteiger partial charge in [0.2, 0.25) is 0 Å². The van der Waals surface area contributed by atoms with Gasteiger partial charge in [0.25, 0.3) is 0 Å². The Morgan fingerprint density at radius 1 is 1.38 bits per heavy atom. The molecule has 0 heterocycles. The second-order valence-corrected chi connectivity index (χ2v) is 2.71. The van der Waals surface area contributed by atoms with Crippen LogP contribution in [0.3, 0.4) is 0 Å². The monoisotopic (exact) mass is 211 g/mol. The number of rotatable bonds is 6. The van der Waals surface area contributed by atoms with Crippen LogP contribution in [0.4, 0.5) is 0 Å². The van der Waals surface area contributed by atoms with Crippen LogP contribution in [0.5, 0.6) is 0 Å². The van der Waals surface area contributed by atoms with Gasteiger partial charge in [0.15, 0.2) is 0 Å². The van der Waals surface area contributed by atoms with E-state index in [-0.39, 0.29) is 18.7 Å². The van der Waals surface area contributed by atoms with Crippen molar-refractivity contribution in [3.05, 3.63) is 0 Å². The molecule has 13 heavy (non-hydrogen) atoms. The molecule has 7 heteroatoms. The molecule has 0 aliphatic carbocycles. The highest BCUT2D eigenvalue weighted by atomic mass is 35.5. The Morgan fingerprint density at radius 2 is 1.92 bits per heavy atom. The quantitative estimate of drug-likeness (QED) is 0.349. The highest BCUT2D eigenvalue weighted by Crippen LogP contribution is 2.03. The molecule has 0 aliphatic heterocycles. The van der Waals surface area contributed by atoms with E-state index in [0.29, 0.717) is 19.3 Å². The Labute approximate surface area is 83.5 Å². The SMILES string of the molecule is Cl.NC(CCCCB(O)O)C(=O)O. The Kier molecular flexibility index (Phi) is 9.71. The van der Waals surface area contributed by atoms with Crippen LogP contribution in [0.2, 0.25) is 6.32 Å². The summed E-state index contributed by atoms with van der Waals surface area (Å²) in [5.74, 6) is -1.01. The summed E-state index contributed by atoms with van der Waals surface area (Å²) in [6.45, 7) is 0. The maximum absolute atomic E-state index is 10.2. The first kappa shape index (κ1) is 15.2. The van der Waals surface area contributed by atoms with E-state index in [0.717, 1.165) is 0 Å². The zero-order valence-corrected chi connectivity index (χ0v) is 8.04. The molecule has 0 aliphatic rings. The average molecular weight is 211 g/mol. The van der Waals surface area contributed by atoms with Crippen molar-refractivity contribution in [1.29, 1.82) is 0 Å². The van der Waals surface area contributed by atoms with E-state index in [4.69, 9.17) is 20.9 Å². The minimum Gasteiger partial charge on any atom is -0.480 e. The molecule has 0 rings (SSSR count). The predicted octanol–water partition coefficient (Wildman–Crippen LogP) is -0.537. The minimum atomic E-state index is -1.30. The Morgan fingerprint density at radius 3 is 2.31 bits per heavy atom. The topological polar surface area (TPSA) is 104 Å². The van der Waals surface area contributed by atoms with Crippen molar-refractivity contribution >= 4 is 25.5 Å². The predicted molar refractivity (Wildman–Crippen MR) is 51.7 cm³/mol. The molecule has 0 saturated carbocycles. The zero-order chi connectivity index (χ0) is 9.56. The largest absolute Gasteiger partial charge is 0.480 e. The van der Waals surface area contributed by atoms with Gasteiger partial charge < -0.3 is 20.9 Å². The van der Waals surface area contributed by atoms with E-state index in [9.17, 15) is 4.79 Å². The molecule has 1 unspecified atom stereocenters. The molecule has 0 bridgehead atoms.